The minimum Gasteiger partial charge on any atom is -0.481 e. The molecule has 1 atom stereocenters. The molecule has 20 heavy (non-hydrogen) atoms. The molecule has 1 heterocycles. The van der Waals surface area contributed by atoms with Crippen LogP contribution in [0.25, 0.3) is 0 Å². The summed E-state index contributed by atoms with van der Waals surface area (Å²) in [6, 6.07) is 7.14. The molecule has 6 heteroatoms. The van der Waals surface area contributed by atoms with Gasteiger partial charge in [0.25, 0.3) is 0 Å². The molecule has 1 aromatic carbocycles. The third-order valence-electron chi connectivity index (χ3n) is 2.88. The van der Waals surface area contributed by atoms with Crippen LogP contribution in [0, 0.1) is 0 Å². The molecule has 104 valence electrons. The highest BCUT2D eigenvalue weighted by Crippen LogP contribution is 2.25. The van der Waals surface area contributed by atoms with Crippen molar-refractivity contribution in [2.75, 3.05) is 7.11 Å². The second kappa shape index (κ2) is 6.34. The van der Waals surface area contributed by atoms with Crippen molar-refractivity contribution in [3.63, 3.8) is 0 Å². The number of aromatic nitrogens is 2. The molecule has 2 aromatic rings. The Morgan fingerprint density at radius 1 is 1.40 bits per heavy atom. The van der Waals surface area contributed by atoms with Gasteiger partial charge in [0.05, 0.1) is 19.0 Å². The number of aliphatic carboxylic acids is 1. The second-order valence-electron chi connectivity index (χ2n) is 4.17. The molecule has 0 aliphatic rings. The maximum Gasteiger partial charge on any atom is 0.312 e. The summed E-state index contributed by atoms with van der Waals surface area (Å²) in [7, 11) is 1.46. The van der Waals surface area contributed by atoms with Gasteiger partial charge >= 0.3 is 5.97 Å². The molecule has 0 saturated heterocycles. The molecule has 0 aliphatic heterocycles. The SMILES string of the molecule is COc1cncc(C(Cc2ccccc2Cl)C(=O)O)n1. The zero-order valence-electron chi connectivity index (χ0n) is 10.8. The molecule has 5 nitrogen and oxygen atoms in total. The predicted octanol–water partition coefficient (Wildman–Crippen LogP) is 2.55. The van der Waals surface area contributed by atoms with E-state index in [0.29, 0.717) is 10.7 Å². The van der Waals surface area contributed by atoms with Crippen molar-refractivity contribution in [2.45, 2.75) is 12.3 Å². The van der Waals surface area contributed by atoms with Gasteiger partial charge in [-0.3, -0.25) is 9.78 Å². The molecule has 0 spiro atoms. The Morgan fingerprint density at radius 2 is 2.15 bits per heavy atom. The molecule has 0 bridgehead atoms. The summed E-state index contributed by atoms with van der Waals surface area (Å²) >= 11 is 6.07. The van der Waals surface area contributed by atoms with Crippen LogP contribution >= 0.6 is 11.6 Å². The van der Waals surface area contributed by atoms with E-state index in [1.165, 1.54) is 19.5 Å². The lowest BCUT2D eigenvalue weighted by molar-refractivity contribution is -0.138. The molecular formula is C14H13ClN2O3. The Kier molecular flexibility index (Phi) is 4.53. The summed E-state index contributed by atoms with van der Waals surface area (Å²) in [5.74, 6) is -1.52. The molecule has 0 amide bonds. The Morgan fingerprint density at radius 3 is 2.80 bits per heavy atom. The average molecular weight is 293 g/mol. The number of ether oxygens (including phenoxy) is 1. The molecule has 0 fully saturated rings. The fraction of sp³-hybridized carbons (Fsp3) is 0.214. The highest BCUT2D eigenvalue weighted by Gasteiger charge is 2.23. The van der Waals surface area contributed by atoms with E-state index in [1.54, 1.807) is 18.2 Å². The van der Waals surface area contributed by atoms with E-state index in [9.17, 15) is 9.90 Å². The van der Waals surface area contributed by atoms with E-state index < -0.39 is 11.9 Å². The molecule has 2 rings (SSSR count). The number of benzene rings is 1. The van der Waals surface area contributed by atoms with Crippen LogP contribution in [0.3, 0.4) is 0 Å². The minimum atomic E-state index is -0.979. The first kappa shape index (κ1) is 14.3. The number of halogens is 1. The maximum absolute atomic E-state index is 11.5. The summed E-state index contributed by atoms with van der Waals surface area (Å²) in [5.41, 5.74) is 1.10. The highest BCUT2D eigenvalue weighted by molar-refractivity contribution is 6.31. The van der Waals surface area contributed by atoms with Crippen LogP contribution < -0.4 is 4.74 Å². The summed E-state index contributed by atoms with van der Waals surface area (Å²) in [4.78, 5) is 19.5. The number of rotatable bonds is 5. The van der Waals surface area contributed by atoms with Crippen molar-refractivity contribution in [1.82, 2.24) is 9.97 Å². The number of carbonyl (C=O) groups is 1. The van der Waals surface area contributed by atoms with Crippen LogP contribution in [0.15, 0.2) is 36.7 Å². The zero-order valence-corrected chi connectivity index (χ0v) is 11.5. The number of carboxylic acids is 1. The Hall–Kier alpha value is -2.14. The number of hydrogen-bond donors (Lipinski definition) is 1. The monoisotopic (exact) mass is 292 g/mol. The van der Waals surface area contributed by atoms with Crippen LogP contribution in [-0.4, -0.2) is 28.2 Å². The minimum absolute atomic E-state index is 0.247. The van der Waals surface area contributed by atoms with Crippen LogP contribution in [0.5, 0.6) is 5.88 Å². The third-order valence-corrected chi connectivity index (χ3v) is 3.25. The number of carboxylic acid groups (broad SMARTS) is 1. The van der Waals surface area contributed by atoms with E-state index in [0.717, 1.165) is 5.56 Å². The van der Waals surface area contributed by atoms with Crippen molar-refractivity contribution in [3.8, 4) is 5.88 Å². The lowest BCUT2D eigenvalue weighted by atomic mass is 9.96. The predicted molar refractivity (Wildman–Crippen MR) is 74.1 cm³/mol. The molecule has 0 aliphatic carbocycles. The highest BCUT2D eigenvalue weighted by atomic mass is 35.5. The van der Waals surface area contributed by atoms with Gasteiger partial charge in [-0.1, -0.05) is 29.8 Å². The van der Waals surface area contributed by atoms with Gasteiger partial charge in [-0.2, -0.15) is 0 Å². The largest absolute Gasteiger partial charge is 0.481 e. The standard InChI is InChI=1S/C14H13ClN2O3/c1-20-13-8-16-7-12(17-13)10(14(18)19)6-9-4-2-3-5-11(9)15/h2-5,7-8,10H,6H2,1H3,(H,18,19). The third kappa shape index (κ3) is 3.24. The average Bonchev–Trinajstić information content (AvgIpc) is 2.46. The van der Waals surface area contributed by atoms with Gasteiger partial charge in [-0.25, -0.2) is 4.98 Å². The smallest absolute Gasteiger partial charge is 0.312 e. The van der Waals surface area contributed by atoms with Crippen LogP contribution in [0.2, 0.25) is 5.02 Å². The van der Waals surface area contributed by atoms with Gasteiger partial charge in [-0.15, -0.1) is 0 Å². The molecular weight excluding hydrogens is 280 g/mol. The van der Waals surface area contributed by atoms with E-state index in [2.05, 4.69) is 9.97 Å². The normalized spacial score (nSPS) is 11.9. The number of nitrogens with zero attached hydrogens (tertiary/aromatic N) is 2. The van der Waals surface area contributed by atoms with E-state index >= 15 is 0 Å². The van der Waals surface area contributed by atoms with Gasteiger partial charge in [0, 0.05) is 11.2 Å². The van der Waals surface area contributed by atoms with E-state index in [4.69, 9.17) is 16.3 Å². The first-order valence-corrected chi connectivity index (χ1v) is 6.31. The van der Waals surface area contributed by atoms with Crippen molar-refractivity contribution in [1.29, 1.82) is 0 Å². The fourth-order valence-electron chi connectivity index (χ4n) is 1.83. The van der Waals surface area contributed by atoms with Crippen LogP contribution in [-0.2, 0) is 11.2 Å². The summed E-state index contributed by atoms with van der Waals surface area (Å²) < 4.78 is 4.97. The quantitative estimate of drug-likeness (QED) is 0.917. The fourth-order valence-corrected chi connectivity index (χ4v) is 2.04. The molecule has 1 N–H and O–H groups in total. The molecule has 0 saturated carbocycles. The van der Waals surface area contributed by atoms with Crippen molar-refractivity contribution in [2.24, 2.45) is 0 Å². The Labute approximate surface area is 121 Å². The zero-order chi connectivity index (χ0) is 14.5. The number of methoxy groups -OCH3 is 1. The van der Waals surface area contributed by atoms with Gasteiger partial charge in [0.1, 0.15) is 5.92 Å². The Bertz CT molecular complexity index is 619. The van der Waals surface area contributed by atoms with Crippen molar-refractivity contribution < 1.29 is 14.6 Å². The summed E-state index contributed by atoms with van der Waals surface area (Å²) in [6.07, 6.45) is 3.10. The molecule has 0 radical (unpaired) electrons. The lowest BCUT2D eigenvalue weighted by Gasteiger charge is -2.13. The second-order valence-corrected chi connectivity index (χ2v) is 4.58. The lowest BCUT2D eigenvalue weighted by Crippen LogP contribution is -2.16. The van der Waals surface area contributed by atoms with Crippen LogP contribution in [0.1, 0.15) is 17.2 Å². The molecule has 1 unspecified atom stereocenters. The van der Waals surface area contributed by atoms with E-state index in [1.807, 2.05) is 6.07 Å². The first-order valence-electron chi connectivity index (χ1n) is 5.94. The van der Waals surface area contributed by atoms with Gasteiger partial charge in [0.2, 0.25) is 5.88 Å². The number of hydrogen-bond acceptors (Lipinski definition) is 4. The topological polar surface area (TPSA) is 72.3 Å². The van der Waals surface area contributed by atoms with E-state index in [-0.39, 0.29) is 12.3 Å². The first-order chi connectivity index (χ1) is 9.61. The molecule has 1 aromatic heterocycles. The van der Waals surface area contributed by atoms with Gasteiger partial charge < -0.3 is 9.84 Å². The summed E-state index contributed by atoms with van der Waals surface area (Å²) in [5, 5.41) is 9.93. The Balaban J connectivity index is 2.32. The van der Waals surface area contributed by atoms with Gasteiger partial charge in [0.15, 0.2) is 0 Å². The van der Waals surface area contributed by atoms with Crippen molar-refractivity contribution in [3.05, 3.63) is 52.9 Å². The summed E-state index contributed by atoms with van der Waals surface area (Å²) in [6.45, 7) is 0. The van der Waals surface area contributed by atoms with Crippen LogP contribution in [0.4, 0.5) is 0 Å². The van der Waals surface area contributed by atoms with Crippen molar-refractivity contribution >= 4 is 17.6 Å². The maximum atomic E-state index is 11.5. The van der Waals surface area contributed by atoms with Gasteiger partial charge in [-0.05, 0) is 18.1 Å².